The molecule has 0 aliphatic heterocycles. The van der Waals surface area contributed by atoms with Crippen LogP contribution in [0.1, 0.15) is 48.7 Å². The zero-order chi connectivity index (χ0) is 20.0. The van der Waals surface area contributed by atoms with Gasteiger partial charge in [0.25, 0.3) is 0 Å². The minimum Gasteiger partial charge on any atom is -0.497 e. The van der Waals surface area contributed by atoms with Gasteiger partial charge in [0.2, 0.25) is 0 Å². The summed E-state index contributed by atoms with van der Waals surface area (Å²) in [5.74, 6) is 1.67. The van der Waals surface area contributed by atoms with E-state index in [0.29, 0.717) is 8.58 Å². The van der Waals surface area contributed by atoms with Gasteiger partial charge in [-0.2, -0.15) is 0 Å². The molecule has 0 N–H and O–H groups in total. The fraction of sp³-hybridized carbons (Fsp3) is 0.409. The summed E-state index contributed by atoms with van der Waals surface area (Å²) in [4.78, 5) is 12.2. The fourth-order valence-corrected chi connectivity index (χ4v) is 4.67. The van der Waals surface area contributed by atoms with E-state index in [2.05, 4.69) is 26.0 Å². The van der Waals surface area contributed by atoms with Crippen LogP contribution in [0.5, 0.6) is 11.5 Å². The third-order valence-corrected chi connectivity index (χ3v) is 6.67. The Morgan fingerprint density at radius 3 is 2.48 bits per heavy atom. The summed E-state index contributed by atoms with van der Waals surface area (Å²) < 4.78 is 16.4. The molecule has 2 aromatic rings. The van der Waals surface area contributed by atoms with Crippen LogP contribution in [-0.2, 0) is 9.89 Å². The van der Waals surface area contributed by atoms with Gasteiger partial charge in [0.05, 0.1) is 7.11 Å². The minimum atomic E-state index is -0.197. The zero-order valence-corrected chi connectivity index (χ0v) is 18.0. The van der Waals surface area contributed by atoms with Gasteiger partial charge in [-0.25, -0.2) is 0 Å². The summed E-state index contributed by atoms with van der Waals surface area (Å²) in [6, 6.07) is 12.0. The Bertz CT molecular complexity index is 803. The summed E-state index contributed by atoms with van der Waals surface area (Å²) in [5, 5.41) is 0.884. The molecular formula is C22H29O4P. The topological polar surface area (TPSA) is 44.8 Å². The molecule has 0 aromatic heterocycles. The first-order valence-electron chi connectivity index (χ1n) is 9.04. The van der Waals surface area contributed by atoms with Crippen LogP contribution in [-0.4, -0.2) is 26.8 Å². The molecule has 2 aromatic carbocycles. The normalized spacial score (nSPS) is 13.6. The lowest BCUT2D eigenvalue weighted by Crippen LogP contribution is -2.22. The van der Waals surface area contributed by atoms with Crippen LogP contribution in [0.3, 0.4) is 0 Å². The molecule has 2 atom stereocenters. The molecule has 2 rings (SSSR count). The highest BCUT2D eigenvalue weighted by molar-refractivity contribution is 7.48. The molecule has 27 heavy (non-hydrogen) atoms. The van der Waals surface area contributed by atoms with Crippen LogP contribution in [0.15, 0.2) is 36.4 Å². The van der Waals surface area contributed by atoms with E-state index in [9.17, 15) is 4.79 Å². The van der Waals surface area contributed by atoms with E-state index in [0.717, 1.165) is 39.9 Å². The molecule has 0 aliphatic carbocycles. The molecule has 0 heterocycles. The molecule has 0 spiro atoms. The smallest absolute Gasteiger partial charge is 0.188 e. The first kappa shape index (κ1) is 21.4. The Hall–Kier alpha value is -1.90. The standard InChI is InChI=1S/C22H29O4P/c1-7-22(4,27-21-11-8-15(2)12-18(21)16(3)23)19-13-17(25-6)9-10-20(19)26-14-24-5/h8-13,27H,7,14H2,1-6H3. The van der Waals surface area contributed by atoms with Gasteiger partial charge >= 0.3 is 0 Å². The molecule has 2 unspecified atom stereocenters. The van der Waals surface area contributed by atoms with E-state index in [4.69, 9.17) is 14.2 Å². The van der Waals surface area contributed by atoms with Gasteiger partial charge in [-0.15, -0.1) is 0 Å². The maximum atomic E-state index is 12.2. The number of ketones is 1. The fourth-order valence-electron chi connectivity index (χ4n) is 3.02. The molecule has 0 saturated carbocycles. The maximum absolute atomic E-state index is 12.2. The van der Waals surface area contributed by atoms with Crippen molar-refractivity contribution < 1.29 is 19.0 Å². The van der Waals surface area contributed by atoms with Crippen LogP contribution in [0.2, 0.25) is 0 Å². The van der Waals surface area contributed by atoms with Crippen molar-refractivity contribution in [3.05, 3.63) is 53.1 Å². The quantitative estimate of drug-likeness (QED) is 0.351. The first-order valence-corrected chi connectivity index (χ1v) is 10.0. The number of hydrogen-bond acceptors (Lipinski definition) is 4. The van der Waals surface area contributed by atoms with Crippen molar-refractivity contribution >= 4 is 19.7 Å². The van der Waals surface area contributed by atoms with Gasteiger partial charge in [-0.3, -0.25) is 4.79 Å². The number of ether oxygens (including phenoxy) is 3. The van der Waals surface area contributed by atoms with E-state index >= 15 is 0 Å². The Morgan fingerprint density at radius 1 is 1.15 bits per heavy atom. The van der Waals surface area contributed by atoms with Gasteiger partial charge in [0, 0.05) is 23.4 Å². The number of hydrogen-bond donors (Lipinski definition) is 0. The number of carbonyl (C=O) groups excluding carboxylic acids is 1. The minimum absolute atomic E-state index is 0.0983. The number of carbonyl (C=O) groups is 1. The third kappa shape index (κ3) is 5.09. The van der Waals surface area contributed by atoms with Gasteiger partial charge in [-0.05, 0) is 49.8 Å². The maximum Gasteiger partial charge on any atom is 0.188 e. The highest BCUT2D eigenvalue weighted by atomic mass is 31.1. The summed E-state index contributed by atoms with van der Waals surface area (Å²) in [6.07, 6.45) is 0.896. The van der Waals surface area contributed by atoms with Crippen LogP contribution in [0.25, 0.3) is 0 Å². The van der Waals surface area contributed by atoms with Crippen molar-refractivity contribution in [1.82, 2.24) is 0 Å². The Kier molecular flexibility index (Phi) is 7.41. The van der Waals surface area contributed by atoms with Gasteiger partial charge in [0.1, 0.15) is 11.5 Å². The molecule has 146 valence electrons. The second-order valence-corrected chi connectivity index (χ2v) is 8.72. The van der Waals surface area contributed by atoms with Crippen molar-refractivity contribution in [2.75, 3.05) is 21.0 Å². The van der Waals surface area contributed by atoms with Crippen molar-refractivity contribution in [3.8, 4) is 11.5 Å². The highest BCUT2D eigenvalue weighted by Gasteiger charge is 2.30. The molecule has 0 aliphatic rings. The SMILES string of the molecule is CCC(C)(Pc1ccc(C)cc1C(C)=O)c1cc(OC)ccc1OCOC. The Labute approximate surface area is 164 Å². The van der Waals surface area contributed by atoms with Crippen molar-refractivity contribution in [1.29, 1.82) is 0 Å². The second kappa shape index (κ2) is 9.34. The second-order valence-electron chi connectivity index (χ2n) is 6.83. The monoisotopic (exact) mass is 388 g/mol. The molecule has 0 saturated heterocycles. The zero-order valence-electron chi connectivity index (χ0n) is 17.0. The molecule has 0 amide bonds. The van der Waals surface area contributed by atoms with Gasteiger partial charge in [0.15, 0.2) is 12.6 Å². The van der Waals surface area contributed by atoms with Gasteiger partial charge < -0.3 is 14.2 Å². The number of rotatable bonds is 9. The largest absolute Gasteiger partial charge is 0.497 e. The molecule has 4 nitrogen and oxygen atoms in total. The number of benzene rings is 2. The predicted octanol–water partition coefficient (Wildman–Crippen LogP) is 4.82. The van der Waals surface area contributed by atoms with E-state index in [1.165, 1.54) is 0 Å². The molecular weight excluding hydrogens is 359 g/mol. The van der Waals surface area contributed by atoms with E-state index < -0.39 is 0 Å². The van der Waals surface area contributed by atoms with Crippen molar-refractivity contribution in [3.63, 3.8) is 0 Å². The molecule has 0 fully saturated rings. The van der Waals surface area contributed by atoms with Crippen LogP contribution in [0, 0.1) is 6.92 Å². The summed E-state index contributed by atoms with van der Waals surface area (Å²) >= 11 is 0. The van der Waals surface area contributed by atoms with Crippen LogP contribution < -0.4 is 14.8 Å². The highest BCUT2D eigenvalue weighted by Crippen LogP contribution is 2.48. The summed E-state index contributed by atoms with van der Waals surface area (Å²) in [7, 11) is 3.68. The summed E-state index contributed by atoms with van der Waals surface area (Å²) in [5.41, 5.74) is 2.96. The Morgan fingerprint density at radius 2 is 1.89 bits per heavy atom. The lowest BCUT2D eigenvalue weighted by molar-refractivity contribution is 0.0500. The average molecular weight is 388 g/mol. The number of methoxy groups -OCH3 is 2. The van der Waals surface area contributed by atoms with Crippen LogP contribution in [0.4, 0.5) is 0 Å². The number of Topliss-reactive ketones (excluding diaryl/α,β-unsaturated/α-hetero) is 1. The van der Waals surface area contributed by atoms with E-state index in [1.807, 2.05) is 31.2 Å². The number of aryl methyl sites for hydroxylation is 1. The lowest BCUT2D eigenvalue weighted by atomic mass is 9.96. The van der Waals surface area contributed by atoms with E-state index in [-0.39, 0.29) is 17.7 Å². The summed E-state index contributed by atoms with van der Waals surface area (Å²) in [6.45, 7) is 8.20. The Balaban J connectivity index is 2.52. The molecule has 5 heteroatoms. The lowest BCUT2D eigenvalue weighted by Gasteiger charge is -2.32. The van der Waals surface area contributed by atoms with Gasteiger partial charge in [-0.1, -0.05) is 40.1 Å². The predicted molar refractivity (Wildman–Crippen MR) is 112 cm³/mol. The van der Waals surface area contributed by atoms with Crippen molar-refractivity contribution in [2.24, 2.45) is 0 Å². The average Bonchev–Trinajstić information content (AvgIpc) is 2.67. The first-order chi connectivity index (χ1) is 12.8. The molecule has 0 bridgehead atoms. The van der Waals surface area contributed by atoms with E-state index in [1.54, 1.807) is 21.1 Å². The third-order valence-electron chi connectivity index (χ3n) is 4.79. The van der Waals surface area contributed by atoms with Crippen molar-refractivity contribution in [2.45, 2.75) is 39.3 Å². The molecule has 0 radical (unpaired) electrons. The van der Waals surface area contributed by atoms with Crippen LogP contribution >= 0.6 is 8.58 Å².